The van der Waals surface area contributed by atoms with Crippen LogP contribution in [0.25, 0.3) is 0 Å². The minimum atomic E-state index is 0.348. The zero-order chi connectivity index (χ0) is 14.5. The van der Waals surface area contributed by atoms with Gasteiger partial charge in [0, 0.05) is 16.1 Å². The molecule has 0 amide bonds. The smallest absolute Gasteiger partial charge is 0.169 e. The molecule has 2 aromatic carbocycles. The molecule has 20 heavy (non-hydrogen) atoms. The van der Waals surface area contributed by atoms with E-state index in [0.29, 0.717) is 28.7 Å². The summed E-state index contributed by atoms with van der Waals surface area (Å²) in [4.78, 5) is 0. The summed E-state index contributed by atoms with van der Waals surface area (Å²) >= 11 is 9.30. The molecule has 2 aromatic rings. The third-order valence-electron chi connectivity index (χ3n) is 2.69. The summed E-state index contributed by atoms with van der Waals surface area (Å²) in [6.45, 7) is 0. The van der Waals surface area contributed by atoms with Gasteiger partial charge < -0.3 is 9.47 Å². The molecular weight excluding hydrogens is 342 g/mol. The van der Waals surface area contributed by atoms with Crippen molar-refractivity contribution in [2.24, 2.45) is 0 Å². The lowest BCUT2D eigenvalue weighted by molar-refractivity contribution is 0.378. The third-order valence-corrected chi connectivity index (χ3v) is 3.47. The fraction of sp³-hybridized carbons (Fsp3) is 0.133. The largest absolute Gasteiger partial charge is 0.493 e. The van der Waals surface area contributed by atoms with Gasteiger partial charge in [-0.05, 0) is 24.3 Å². The number of benzene rings is 2. The van der Waals surface area contributed by atoms with Crippen molar-refractivity contribution in [1.29, 1.82) is 5.26 Å². The van der Waals surface area contributed by atoms with E-state index in [-0.39, 0.29) is 0 Å². The van der Waals surface area contributed by atoms with Gasteiger partial charge in [-0.2, -0.15) is 5.26 Å². The van der Waals surface area contributed by atoms with Crippen molar-refractivity contribution in [3.63, 3.8) is 0 Å². The van der Waals surface area contributed by atoms with Crippen LogP contribution in [0.15, 0.2) is 40.9 Å². The first-order valence-corrected chi connectivity index (χ1v) is 7.11. The van der Waals surface area contributed by atoms with Crippen molar-refractivity contribution in [1.82, 2.24) is 0 Å². The summed E-state index contributed by atoms with van der Waals surface area (Å²) in [6.07, 6.45) is 0. The molecule has 0 unspecified atom stereocenters. The van der Waals surface area contributed by atoms with E-state index in [1.165, 1.54) is 7.11 Å². The fourth-order valence-electron chi connectivity index (χ4n) is 1.67. The average molecular weight is 353 g/mol. The summed E-state index contributed by atoms with van der Waals surface area (Å²) in [6, 6.07) is 12.7. The van der Waals surface area contributed by atoms with Crippen LogP contribution in [0.4, 0.5) is 0 Å². The predicted molar refractivity (Wildman–Crippen MR) is 81.5 cm³/mol. The molecule has 0 N–H and O–H groups in total. The second kappa shape index (κ2) is 6.65. The maximum Gasteiger partial charge on any atom is 0.169 e. The van der Waals surface area contributed by atoms with Crippen molar-refractivity contribution >= 4 is 27.5 Å². The highest BCUT2D eigenvalue weighted by Gasteiger charge is 2.10. The molecule has 0 spiro atoms. The Morgan fingerprint density at radius 2 is 1.95 bits per heavy atom. The molecule has 0 heterocycles. The van der Waals surface area contributed by atoms with Crippen LogP contribution in [0.5, 0.6) is 17.2 Å². The normalized spacial score (nSPS) is 9.90. The quantitative estimate of drug-likeness (QED) is 0.738. The highest BCUT2D eigenvalue weighted by atomic mass is 79.9. The van der Waals surface area contributed by atoms with E-state index in [0.717, 1.165) is 10.0 Å². The minimum Gasteiger partial charge on any atom is -0.493 e. The van der Waals surface area contributed by atoms with E-state index in [1.54, 1.807) is 18.2 Å². The first kappa shape index (κ1) is 14.7. The number of alkyl halides is 1. The Kier molecular flexibility index (Phi) is 4.89. The van der Waals surface area contributed by atoms with Crippen molar-refractivity contribution in [2.75, 3.05) is 7.11 Å². The van der Waals surface area contributed by atoms with E-state index >= 15 is 0 Å². The second-order valence-electron chi connectivity index (χ2n) is 3.97. The van der Waals surface area contributed by atoms with Crippen LogP contribution >= 0.6 is 27.5 Å². The van der Waals surface area contributed by atoms with Crippen LogP contribution in [0.2, 0.25) is 0 Å². The summed E-state index contributed by atoms with van der Waals surface area (Å²) in [5, 5.41) is 8.89. The topological polar surface area (TPSA) is 42.2 Å². The molecule has 0 radical (unpaired) electrons. The van der Waals surface area contributed by atoms with Crippen LogP contribution in [-0.2, 0) is 5.88 Å². The third kappa shape index (κ3) is 3.24. The van der Waals surface area contributed by atoms with Gasteiger partial charge in [-0.1, -0.05) is 22.0 Å². The predicted octanol–water partition coefficient (Wildman–Crippen LogP) is 4.86. The van der Waals surface area contributed by atoms with Crippen LogP contribution < -0.4 is 9.47 Å². The molecule has 0 atom stereocenters. The van der Waals surface area contributed by atoms with Crippen LogP contribution in [0, 0.1) is 11.3 Å². The Morgan fingerprint density at radius 3 is 2.60 bits per heavy atom. The monoisotopic (exact) mass is 351 g/mol. The molecule has 0 aromatic heterocycles. The maximum atomic E-state index is 8.89. The summed E-state index contributed by atoms with van der Waals surface area (Å²) < 4.78 is 12.0. The Bertz CT molecular complexity index is 667. The Morgan fingerprint density at radius 1 is 1.15 bits per heavy atom. The van der Waals surface area contributed by atoms with Gasteiger partial charge in [0.2, 0.25) is 0 Å². The molecule has 0 fully saturated rings. The lowest BCUT2D eigenvalue weighted by Crippen LogP contribution is -1.94. The Hall–Kier alpha value is -1.70. The molecule has 102 valence electrons. The van der Waals surface area contributed by atoms with Gasteiger partial charge in [-0.3, -0.25) is 0 Å². The highest BCUT2D eigenvalue weighted by Crippen LogP contribution is 2.35. The van der Waals surface area contributed by atoms with Gasteiger partial charge in [0.05, 0.1) is 24.6 Å². The molecule has 3 nitrogen and oxygen atoms in total. The van der Waals surface area contributed by atoms with Crippen LogP contribution in [-0.4, -0.2) is 7.11 Å². The molecule has 0 bridgehead atoms. The average Bonchev–Trinajstić information content (AvgIpc) is 2.48. The highest BCUT2D eigenvalue weighted by molar-refractivity contribution is 9.10. The lowest BCUT2D eigenvalue weighted by atomic mass is 10.2. The number of nitriles is 1. The van der Waals surface area contributed by atoms with Gasteiger partial charge in [-0.15, -0.1) is 11.6 Å². The molecular formula is C15H11BrClNO2. The fourth-order valence-corrected chi connectivity index (χ4v) is 2.23. The lowest BCUT2D eigenvalue weighted by Gasteiger charge is -2.13. The minimum absolute atomic E-state index is 0.348. The zero-order valence-electron chi connectivity index (χ0n) is 10.7. The van der Waals surface area contributed by atoms with E-state index in [4.69, 9.17) is 26.3 Å². The number of ether oxygens (including phenoxy) is 2. The summed E-state index contributed by atoms with van der Waals surface area (Å²) in [5.41, 5.74) is 1.39. The first-order chi connectivity index (χ1) is 9.67. The SMILES string of the molecule is COc1cc(C#N)ccc1Oc1cc(Br)ccc1CCl. The number of halogens is 2. The van der Waals surface area contributed by atoms with Gasteiger partial charge >= 0.3 is 0 Å². The Labute approximate surface area is 130 Å². The number of methoxy groups -OCH3 is 1. The Balaban J connectivity index is 2.39. The standard InChI is InChI=1S/C15H11BrClNO2/c1-19-15-6-10(9-18)2-5-13(15)20-14-7-12(16)4-3-11(14)8-17/h2-7H,8H2,1H3. The molecule has 0 saturated carbocycles. The zero-order valence-corrected chi connectivity index (χ0v) is 13.0. The molecule has 0 aliphatic rings. The number of rotatable bonds is 4. The van der Waals surface area contributed by atoms with Crippen molar-refractivity contribution in [3.05, 3.63) is 52.0 Å². The number of hydrogen-bond donors (Lipinski definition) is 0. The number of nitrogens with zero attached hydrogens (tertiary/aromatic N) is 1. The second-order valence-corrected chi connectivity index (χ2v) is 5.15. The maximum absolute atomic E-state index is 8.89. The van der Waals surface area contributed by atoms with Crippen molar-refractivity contribution in [2.45, 2.75) is 5.88 Å². The van der Waals surface area contributed by atoms with E-state index < -0.39 is 0 Å². The van der Waals surface area contributed by atoms with Crippen molar-refractivity contribution < 1.29 is 9.47 Å². The van der Waals surface area contributed by atoms with Crippen molar-refractivity contribution in [3.8, 4) is 23.3 Å². The van der Waals surface area contributed by atoms with Gasteiger partial charge in [-0.25, -0.2) is 0 Å². The summed E-state index contributed by atoms with van der Waals surface area (Å²) in [5.74, 6) is 2.04. The van der Waals surface area contributed by atoms with E-state index in [1.807, 2.05) is 18.2 Å². The van der Waals surface area contributed by atoms with E-state index in [9.17, 15) is 0 Å². The molecule has 0 aliphatic heterocycles. The van der Waals surface area contributed by atoms with Gasteiger partial charge in [0.25, 0.3) is 0 Å². The van der Waals surface area contributed by atoms with Gasteiger partial charge in [0.15, 0.2) is 11.5 Å². The molecule has 2 rings (SSSR count). The van der Waals surface area contributed by atoms with E-state index in [2.05, 4.69) is 22.0 Å². The molecule has 0 saturated heterocycles. The first-order valence-electron chi connectivity index (χ1n) is 5.78. The van der Waals surface area contributed by atoms with Crippen LogP contribution in [0.1, 0.15) is 11.1 Å². The summed E-state index contributed by atoms with van der Waals surface area (Å²) in [7, 11) is 1.53. The molecule has 5 heteroatoms. The van der Waals surface area contributed by atoms with Crippen LogP contribution in [0.3, 0.4) is 0 Å². The molecule has 0 aliphatic carbocycles. The number of hydrogen-bond acceptors (Lipinski definition) is 3. The van der Waals surface area contributed by atoms with Gasteiger partial charge in [0.1, 0.15) is 5.75 Å².